The van der Waals surface area contributed by atoms with Crippen LogP contribution in [0, 0.1) is 6.92 Å². The number of hydrogen-bond acceptors (Lipinski definition) is 5. The van der Waals surface area contributed by atoms with Crippen LogP contribution in [0.15, 0.2) is 18.2 Å². The number of benzene rings is 1. The predicted octanol–water partition coefficient (Wildman–Crippen LogP) is 1.25. The van der Waals surface area contributed by atoms with Crippen molar-refractivity contribution in [2.24, 2.45) is 0 Å². The van der Waals surface area contributed by atoms with E-state index >= 15 is 0 Å². The van der Waals surface area contributed by atoms with Crippen LogP contribution in [-0.2, 0) is 19.6 Å². The first kappa shape index (κ1) is 21.0. The minimum atomic E-state index is -3.66. The second-order valence-corrected chi connectivity index (χ2v) is 8.71. The van der Waals surface area contributed by atoms with E-state index in [0.717, 1.165) is 29.2 Å². The maximum atomic E-state index is 12.5. The fraction of sp³-hybridized carbons (Fsp3) is 0.588. The molecule has 1 aliphatic heterocycles. The lowest BCUT2D eigenvalue weighted by molar-refractivity contribution is -0.121. The van der Waals surface area contributed by atoms with Gasteiger partial charge >= 0.3 is 0 Å². The van der Waals surface area contributed by atoms with Crippen LogP contribution in [0.3, 0.4) is 0 Å². The van der Waals surface area contributed by atoms with Gasteiger partial charge in [-0.15, -0.1) is 0 Å². The summed E-state index contributed by atoms with van der Waals surface area (Å²) in [4.78, 5) is 14.7. The number of hydrogen-bond donors (Lipinski definition) is 1. The lowest BCUT2D eigenvalue weighted by atomic mass is 10.2. The average Bonchev–Trinajstić information content (AvgIpc) is 2.57. The van der Waals surface area contributed by atoms with Crippen molar-refractivity contribution >= 4 is 33.2 Å². The molecule has 1 aromatic carbocycles. The topological polar surface area (TPSA) is 79.0 Å². The first-order chi connectivity index (χ1) is 12.2. The van der Waals surface area contributed by atoms with Crippen molar-refractivity contribution in [3.63, 3.8) is 0 Å². The Morgan fingerprint density at radius 1 is 1.38 bits per heavy atom. The monoisotopic (exact) mass is 403 g/mol. The molecule has 1 amide bonds. The summed E-state index contributed by atoms with van der Waals surface area (Å²) in [5.74, 6) is -0.344. The summed E-state index contributed by atoms with van der Waals surface area (Å²) in [6, 6.07) is 4.11. The predicted molar refractivity (Wildman–Crippen MR) is 103 cm³/mol. The number of halogens is 1. The van der Waals surface area contributed by atoms with E-state index in [-0.39, 0.29) is 5.91 Å². The summed E-state index contributed by atoms with van der Waals surface area (Å²) < 4.78 is 31.1. The molecule has 0 spiro atoms. The molecule has 0 aliphatic carbocycles. The Bertz CT molecular complexity index is 736. The molecule has 1 aromatic rings. The molecule has 0 saturated carbocycles. The van der Waals surface area contributed by atoms with Crippen LogP contribution >= 0.6 is 11.6 Å². The molecule has 1 aliphatic rings. The van der Waals surface area contributed by atoms with Gasteiger partial charge in [0.2, 0.25) is 15.9 Å². The molecule has 1 atom stereocenters. The molecule has 9 heteroatoms. The van der Waals surface area contributed by atoms with Crippen LogP contribution in [0.2, 0.25) is 5.02 Å². The Hall–Kier alpha value is -1.35. The number of sulfonamides is 1. The van der Waals surface area contributed by atoms with Crippen LogP contribution in [0.25, 0.3) is 0 Å². The maximum absolute atomic E-state index is 12.5. The summed E-state index contributed by atoms with van der Waals surface area (Å²) in [5, 5.41) is 3.24. The number of nitrogens with zero attached hydrogens (tertiary/aromatic N) is 2. The van der Waals surface area contributed by atoms with Gasteiger partial charge in [-0.2, -0.15) is 0 Å². The number of nitrogens with one attached hydrogen (secondary N) is 1. The molecule has 0 bridgehead atoms. The molecule has 1 heterocycles. The van der Waals surface area contributed by atoms with Gasteiger partial charge in [0, 0.05) is 31.2 Å². The zero-order chi connectivity index (χ0) is 19.3. The standard InChI is InChI=1S/C17H26ClN3O4S/c1-13-4-5-15(18)12-16(13)21(26(3,23)24)14(2)17(22)19-6-7-20-8-10-25-11-9-20/h4-5,12,14H,6-11H2,1-3H3,(H,19,22). The highest BCUT2D eigenvalue weighted by atomic mass is 35.5. The molecule has 0 aromatic heterocycles. The Morgan fingerprint density at radius 3 is 2.65 bits per heavy atom. The fourth-order valence-corrected chi connectivity index (χ4v) is 4.30. The smallest absolute Gasteiger partial charge is 0.243 e. The number of anilines is 1. The highest BCUT2D eigenvalue weighted by Crippen LogP contribution is 2.28. The zero-order valence-corrected chi connectivity index (χ0v) is 16.9. The van der Waals surface area contributed by atoms with Gasteiger partial charge in [-0.05, 0) is 31.5 Å². The minimum absolute atomic E-state index is 0.344. The largest absolute Gasteiger partial charge is 0.379 e. The van der Waals surface area contributed by atoms with E-state index in [0.29, 0.717) is 37.0 Å². The zero-order valence-electron chi connectivity index (χ0n) is 15.4. The molecule has 2 rings (SSSR count). The van der Waals surface area contributed by atoms with Gasteiger partial charge in [-0.1, -0.05) is 17.7 Å². The summed E-state index contributed by atoms with van der Waals surface area (Å²) in [6.45, 7) is 7.58. The maximum Gasteiger partial charge on any atom is 0.243 e. The molecule has 0 radical (unpaired) electrons. The quantitative estimate of drug-likeness (QED) is 0.741. The van der Waals surface area contributed by atoms with Crippen molar-refractivity contribution in [2.75, 3.05) is 50.0 Å². The average molecular weight is 404 g/mol. The van der Waals surface area contributed by atoms with Crippen molar-refractivity contribution in [1.82, 2.24) is 10.2 Å². The van der Waals surface area contributed by atoms with Crippen molar-refractivity contribution in [2.45, 2.75) is 19.9 Å². The summed E-state index contributed by atoms with van der Waals surface area (Å²) in [7, 11) is -3.66. The number of aryl methyl sites for hydroxylation is 1. The number of morpholine rings is 1. The number of amides is 1. The van der Waals surface area contributed by atoms with Crippen molar-refractivity contribution < 1.29 is 17.9 Å². The van der Waals surface area contributed by atoms with Gasteiger partial charge in [0.25, 0.3) is 0 Å². The molecule has 146 valence electrons. The van der Waals surface area contributed by atoms with E-state index in [1.54, 1.807) is 32.0 Å². The van der Waals surface area contributed by atoms with Crippen LogP contribution in [0.1, 0.15) is 12.5 Å². The molecule has 1 saturated heterocycles. The van der Waals surface area contributed by atoms with Crippen LogP contribution < -0.4 is 9.62 Å². The van der Waals surface area contributed by atoms with Gasteiger partial charge in [-0.25, -0.2) is 8.42 Å². The van der Waals surface area contributed by atoms with E-state index in [1.807, 2.05) is 0 Å². The Balaban J connectivity index is 2.07. The lowest BCUT2D eigenvalue weighted by Crippen LogP contribution is -2.50. The Morgan fingerprint density at radius 2 is 2.04 bits per heavy atom. The molecule has 7 nitrogen and oxygen atoms in total. The second kappa shape index (κ2) is 9.03. The summed E-state index contributed by atoms with van der Waals surface area (Å²) in [6.07, 6.45) is 1.09. The summed E-state index contributed by atoms with van der Waals surface area (Å²) >= 11 is 6.03. The molecule has 1 unspecified atom stereocenters. The number of ether oxygens (including phenoxy) is 1. The third kappa shape index (κ3) is 5.57. The van der Waals surface area contributed by atoms with E-state index in [4.69, 9.17) is 16.3 Å². The third-order valence-corrected chi connectivity index (χ3v) is 5.79. The van der Waals surface area contributed by atoms with Crippen LogP contribution in [0.4, 0.5) is 5.69 Å². The van der Waals surface area contributed by atoms with Gasteiger partial charge in [0.15, 0.2) is 0 Å². The van der Waals surface area contributed by atoms with E-state index < -0.39 is 16.1 Å². The Labute approximate surface area is 160 Å². The molecule has 1 fully saturated rings. The number of carbonyl (C=O) groups excluding carboxylic acids is 1. The van der Waals surface area contributed by atoms with Crippen molar-refractivity contribution in [3.8, 4) is 0 Å². The Kier molecular flexibility index (Phi) is 7.28. The first-order valence-electron chi connectivity index (χ1n) is 8.53. The van der Waals surface area contributed by atoms with E-state index in [1.165, 1.54) is 0 Å². The minimum Gasteiger partial charge on any atom is -0.379 e. The van der Waals surface area contributed by atoms with Gasteiger partial charge in [-0.3, -0.25) is 14.0 Å². The number of rotatable bonds is 7. The highest BCUT2D eigenvalue weighted by Gasteiger charge is 2.30. The lowest BCUT2D eigenvalue weighted by Gasteiger charge is -2.30. The second-order valence-electron chi connectivity index (χ2n) is 6.41. The highest BCUT2D eigenvalue weighted by molar-refractivity contribution is 7.92. The molecular formula is C17H26ClN3O4S. The van der Waals surface area contributed by atoms with E-state index in [9.17, 15) is 13.2 Å². The van der Waals surface area contributed by atoms with Crippen LogP contribution in [0.5, 0.6) is 0 Å². The molecule has 26 heavy (non-hydrogen) atoms. The first-order valence-corrected chi connectivity index (χ1v) is 10.8. The van der Waals surface area contributed by atoms with Gasteiger partial charge < -0.3 is 10.1 Å². The fourth-order valence-electron chi connectivity index (χ4n) is 2.91. The van der Waals surface area contributed by atoms with Gasteiger partial charge in [0.05, 0.1) is 25.2 Å². The van der Waals surface area contributed by atoms with E-state index in [2.05, 4.69) is 10.2 Å². The SMILES string of the molecule is Cc1ccc(Cl)cc1N(C(C)C(=O)NCCN1CCOCC1)S(C)(=O)=O. The van der Waals surface area contributed by atoms with Crippen molar-refractivity contribution in [1.29, 1.82) is 0 Å². The van der Waals surface area contributed by atoms with Crippen LogP contribution in [-0.4, -0.2) is 70.9 Å². The third-order valence-electron chi connectivity index (χ3n) is 4.33. The molecule has 1 N–H and O–H groups in total. The molecular weight excluding hydrogens is 378 g/mol. The van der Waals surface area contributed by atoms with Crippen molar-refractivity contribution in [3.05, 3.63) is 28.8 Å². The normalized spacial score (nSPS) is 16.9. The van der Waals surface area contributed by atoms with Gasteiger partial charge in [0.1, 0.15) is 6.04 Å². The number of carbonyl (C=O) groups is 1. The summed E-state index contributed by atoms with van der Waals surface area (Å²) in [5.41, 5.74) is 1.14.